The van der Waals surface area contributed by atoms with Crippen LogP contribution in [0.1, 0.15) is 33.1 Å². The summed E-state index contributed by atoms with van der Waals surface area (Å²) in [7, 11) is 0. The third-order valence-electron chi connectivity index (χ3n) is 2.12. The maximum absolute atomic E-state index is 5.68. The average molecular weight is 287 g/mol. The second-order valence-electron chi connectivity index (χ2n) is 3.64. The summed E-state index contributed by atoms with van der Waals surface area (Å²) in [5.41, 5.74) is 0. The molecule has 0 spiro atoms. The lowest BCUT2D eigenvalue weighted by molar-refractivity contribution is 0.265. The van der Waals surface area contributed by atoms with Crippen LogP contribution in [0.4, 0.5) is 0 Å². The van der Waals surface area contributed by atoms with Crippen molar-refractivity contribution in [2.45, 2.75) is 33.1 Å². The lowest BCUT2D eigenvalue weighted by atomic mass is 10.3. The first-order valence-corrected chi connectivity index (χ1v) is 6.62. The number of halogens is 1. The molecule has 0 unspecified atom stereocenters. The maximum atomic E-state index is 5.68. The van der Waals surface area contributed by atoms with Crippen LogP contribution < -0.4 is 9.47 Å². The Bertz CT molecular complexity index is 313. The van der Waals surface area contributed by atoms with Crippen LogP contribution in [0.2, 0.25) is 0 Å². The normalized spacial score (nSPS) is 10.2. The van der Waals surface area contributed by atoms with Gasteiger partial charge in [0, 0.05) is 4.47 Å². The van der Waals surface area contributed by atoms with Gasteiger partial charge in [0.2, 0.25) is 0 Å². The summed E-state index contributed by atoms with van der Waals surface area (Å²) in [6.07, 6.45) is 3.21. The third-order valence-corrected chi connectivity index (χ3v) is 2.62. The Kier molecular flexibility index (Phi) is 6.31. The molecule has 0 N–H and O–H groups in total. The quantitative estimate of drug-likeness (QED) is 0.691. The van der Waals surface area contributed by atoms with E-state index in [1.54, 1.807) is 0 Å². The molecule has 16 heavy (non-hydrogen) atoms. The fourth-order valence-corrected chi connectivity index (χ4v) is 1.59. The van der Waals surface area contributed by atoms with Gasteiger partial charge in [0.1, 0.15) is 0 Å². The highest BCUT2D eigenvalue weighted by Crippen LogP contribution is 2.30. The Labute approximate surface area is 106 Å². The van der Waals surface area contributed by atoms with E-state index in [2.05, 4.69) is 29.8 Å². The maximum Gasteiger partial charge on any atom is 0.162 e. The Morgan fingerprint density at radius 1 is 1.00 bits per heavy atom. The van der Waals surface area contributed by atoms with Crippen LogP contribution in [-0.4, -0.2) is 13.2 Å². The molecule has 1 rings (SSSR count). The zero-order chi connectivity index (χ0) is 11.8. The van der Waals surface area contributed by atoms with E-state index in [1.165, 1.54) is 0 Å². The van der Waals surface area contributed by atoms with Gasteiger partial charge in [-0.05, 0) is 31.0 Å². The SMILES string of the molecule is CCCCOc1ccc(Br)cc1OCCC. The van der Waals surface area contributed by atoms with Crippen molar-refractivity contribution < 1.29 is 9.47 Å². The van der Waals surface area contributed by atoms with Crippen LogP contribution in [0.15, 0.2) is 22.7 Å². The molecular formula is C13H19BrO2. The minimum absolute atomic E-state index is 0.723. The molecule has 2 nitrogen and oxygen atoms in total. The Morgan fingerprint density at radius 3 is 2.44 bits per heavy atom. The number of hydrogen-bond donors (Lipinski definition) is 0. The lowest BCUT2D eigenvalue weighted by Crippen LogP contribution is -2.01. The van der Waals surface area contributed by atoms with E-state index < -0.39 is 0 Å². The van der Waals surface area contributed by atoms with E-state index in [0.29, 0.717) is 0 Å². The van der Waals surface area contributed by atoms with Crippen molar-refractivity contribution in [2.75, 3.05) is 13.2 Å². The van der Waals surface area contributed by atoms with Crippen molar-refractivity contribution >= 4 is 15.9 Å². The number of unbranched alkanes of at least 4 members (excludes halogenated alkanes) is 1. The summed E-state index contributed by atoms with van der Waals surface area (Å²) >= 11 is 3.43. The third kappa shape index (κ3) is 4.44. The van der Waals surface area contributed by atoms with Gasteiger partial charge in [-0.15, -0.1) is 0 Å². The van der Waals surface area contributed by atoms with Gasteiger partial charge >= 0.3 is 0 Å². The Hall–Kier alpha value is -0.700. The van der Waals surface area contributed by atoms with Crippen molar-refractivity contribution in [3.63, 3.8) is 0 Å². The second-order valence-corrected chi connectivity index (χ2v) is 4.56. The summed E-state index contributed by atoms with van der Waals surface area (Å²) in [6.45, 7) is 5.72. The predicted octanol–water partition coefficient (Wildman–Crippen LogP) is 4.42. The highest BCUT2D eigenvalue weighted by atomic mass is 79.9. The average Bonchev–Trinajstić information content (AvgIpc) is 2.29. The first-order valence-electron chi connectivity index (χ1n) is 5.83. The molecule has 1 aromatic rings. The standard InChI is InChI=1S/C13H19BrO2/c1-3-5-9-16-12-7-6-11(14)10-13(12)15-8-4-2/h6-7,10H,3-5,8-9H2,1-2H3. The molecule has 0 aliphatic carbocycles. The molecule has 0 saturated carbocycles. The highest BCUT2D eigenvalue weighted by molar-refractivity contribution is 9.10. The molecule has 90 valence electrons. The zero-order valence-corrected chi connectivity index (χ0v) is 11.5. The summed E-state index contributed by atoms with van der Waals surface area (Å²) < 4.78 is 12.3. The number of benzene rings is 1. The molecule has 0 aliphatic rings. The van der Waals surface area contributed by atoms with Crippen molar-refractivity contribution in [3.05, 3.63) is 22.7 Å². The van der Waals surface area contributed by atoms with E-state index >= 15 is 0 Å². The van der Waals surface area contributed by atoms with Crippen LogP contribution >= 0.6 is 15.9 Å². The molecule has 0 aromatic heterocycles. The minimum atomic E-state index is 0.723. The molecule has 0 amide bonds. The Balaban J connectivity index is 2.64. The fraction of sp³-hybridized carbons (Fsp3) is 0.538. The first kappa shape index (κ1) is 13.4. The van der Waals surface area contributed by atoms with Crippen LogP contribution in [0.25, 0.3) is 0 Å². The molecular weight excluding hydrogens is 268 g/mol. The number of hydrogen-bond acceptors (Lipinski definition) is 2. The van der Waals surface area contributed by atoms with E-state index in [1.807, 2.05) is 18.2 Å². The van der Waals surface area contributed by atoms with Crippen LogP contribution in [0.5, 0.6) is 11.5 Å². The van der Waals surface area contributed by atoms with Crippen molar-refractivity contribution in [1.82, 2.24) is 0 Å². The van der Waals surface area contributed by atoms with Gasteiger partial charge < -0.3 is 9.47 Å². The van der Waals surface area contributed by atoms with Gasteiger partial charge in [0.15, 0.2) is 11.5 Å². The van der Waals surface area contributed by atoms with Gasteiger partial charge in [0.05, 0.1) is 13.2 Å². The fourth-order valence-electron chi connectivity index (χ4n) is 1.25. The van der Waals surface area contributed by atoms with Gasteiger partial charge in [-0.3, -0.25) is 0 Å². The lowest BCUT2D eigenvalue weighted by Gasteiger charge is -2.12. The molecule has 0 radical (unpaired) electrons. The minimum Gasteiger partial charge on any atom is -0.490 e. The van der Waals surface area contributed by atoms with Gasteiger partial charge in [-0.2, -0.15) is 0 Å². The topological polar surface area (TPSA) is 18.5 Å². The molecule has 1 aromatic carbocycles. The van der Waals surface area contributed by atoms with E-state index in [4.69, 9.17) is 9.47 Å². The van der Waals surface area contributed by atoms with Crippen molar-refractivity contribution in [3.8, 4) is 11.5 Å². The van der Waals surface area contributed by atoms with Crippen molar-refractivity contribution in [2.24, 2.45) is 0 Å². The second kappa shape index (κ2) is 7.55. The zero-order valence-electron chi connectivity index (χ0n) is 9.96. The molecule has 0 heterocycles. The van der Waals surface area contributed by atoms with Crippen molar-refractivity contribution in [1.29, 1.82) is 0 Å². The van der Waals surface area contributed by atoms with Gasteiger partial charge in [-0.1, -0.05) is 36.2 Å². The monoisotopic (exact) mass is 286 g/mol. The largest absolute Gasteiger partial charge is 0.490 e. The van der Waals surface area contributed by atoms with Crippen LogP contribution in [-0.2, 0) is 0 Å². The highest BCUT2D eigenvalue weighted by Gasteiger charge is 2.05. The van der Waals surface area contributed by atoms with Gasteiger partial charge in [0.25, 0.3) is 0 Å². The Morgan fingerprint density at radius 2 is 1.75 bits per heavy atom. The summed E-state index contributed by atoms with van der Waals surface area (Å²) in [4.78, 5) is 0. The molecule has 0 atom stereocenters. The first-order chi connectivity index (χ1) is 7.77. The predicted molar refractivity (Wildman–Crippen MR) is 70.3 cm³/mol. The molecule has 0 aliphatic heterocycles. The van der Waals surface area contributed by atoms with Crippen LogP contribution in [0.3, 0.4) is 0 Å². The number of ether oxygens (including phenoxy) is 2. The summed E-state index contributed by atoms with van der Waals surface area (Å²) in [5, 5.41) is 0. The number of rotatable bonds is 7. The molecule has 0 saturated heterocycles. The summed E-state index contributed by atoms with van der Waals surface area (Å²) in [5.74, 6) is 1.66. The molecule has 3 heteroatoms. The van der Waals surface area contributed by atoms with E-state index in [-0.39, 0.29) is 0 Å². The van der Waals surface area contributed by atoms with Crippen LogP contribution in [0, 0.1) is 0 Å². The smallest absolute Gasteiger partial charge is 0.162 e. The van der Waals surface area contributed by atoms with E-state index in [0.717, 1.165) is 48.4 Å². The van der Waals surface area contributed by atoms with E-state index in [9.17, 15) is 0 Å². The van der Waals surface area contributed by atoms with Gasteiger partial charge in [-0.25, -0.2) is 0 Å². The summed E-state index contributed by atoms with van der Waals surface area (Å²) in [6, 6.07) is 5.88. The molecule has 0 bridgehead atoms. The molecule has 0 fully saturated rings.